The number of rotatable bonds is 8. The third kappa shape index (κ3) is 4.82. The molecule has 0 saturated carbocycles. The van der Waals surface area contributed by atoms with Gasteiger partial charge in [0, 0.05) is 18.6 Å². The van der Waals surface area contributed by atoms with Crippen LogP contribution in [0.15, 0.2) is 24.3 Å². The van der Waals surface area contributed by atoms with Crippen molar-refractivity contribution in [2.75, 3.05) is 34.4 Å². The molecule has 0 aromatic heterocycles. The summed E-state index contributed by atoms with van der Waals surface area (Å²) in [6, 6.07) is 8.62. The molecule has 0 aliphatic rings. The molecule has 0 aliphatic heterocycles. The lowest BCUT2D eigenvalue weighted by Gasteiger charge is -2.28. The minimum atomic E-state index is 0.116. The molecule has 2 unspecified atom stereocenters. The Morgan fingerprint density at radius 1 is 1.37 bits per heavy atom. The van der Waals surface area contributed by atoms with E-state index in [2.05, 4.69) is 30.3 Å². The summed E-state index contributed by atoms with van der Waals surface area (Å²) in [5, 5.41) is 12.3. The summed E-state index contributed by atoms with van der Waals surface area (Å²) in [7, 11) is 5.66. The highest BCUT2D eigenvalue weighted by atomic mass is 16.5. The number of nitrogens with one attached hydrogen (secondary N) is 1. The van der Waals surface area contributed by atoms with Crippen LogP contribution in [0.3, 0.4) is 0 Å². The second kappa shape index (κ2) is 8.15. The van der Waals surface area contributed by atoms with E-state index in [1.54, 1.807) is 7.11 Å². The molecule has 0 radical (unpaired) electrons. The summed E-state index contributed by atoms with van der Waals surface area (Å²) in [5.74, 6) is 0.940. The van der Waals surface area contributed by atoms with E-state index < -0.39 is 0 Å². The third-order valence-corrected chi connectivity index (χ3v) is 3.60. The summed E-state index contributed by atoms with van der Waals surface area (Å²) >= 11 is 0. The van der Waals surface area contributed by atoms with Crippen LogP contribution < -0.4 is 10.1 Å². The van der Waals surface area contributed by atoms with Crippen molar-refractivity contribution in [2.24, 2.45) is 0 Å². The molecule has 2 N–H and O–H groups in total. The van der Waals surface area contributed by atoms with Crippen molar-refractivity contribution in [3.8, 4) is 5.75 Å². The Morgan fingerprint density at radius 2 is 2.05 bits per heavy atom. The predicted octanol–water partition coefficient (Wildman–Crippen LogP) is 1.14. The summed E-state index contributed by atoms with van der Waals surface area (Å²) in [6.07, 6.45) is 0.933. The van der Waals surface area contributed by atoms with Crippen LogP contribution in [0.1, 0.15) is 12.5 Å². The van der Waals surface area contributed by atoms with Gasteiger partial charge < -0.3 is 20.1 Å². The van der Waals surface area contributed by atoms with Gasteiger partial charge in [-0.1, -0.05) is 18.2 Å². The van der Waals surface area contributed by atoms with Crippen LogP contribution in [0.4, 0.5) is 0 Å². The van der Waals surface area contributed by atoms with Gasteiger partial charge >= 0.3 is 0 Å². The molecule has 0 saturated heterocycles. The molecule has 108 valence electrons. The van der Waals surface area contributed by atoms with Crippen molar-refractivity contribution < 1.29 is 9.84 Å². The summed E-state index contributed by atoms with van der Waals surface area (Å²) in [6.45, 7) is 3.17. The highest BCUT2D eigenvalue weighted by Gasteiger charge is 2.15. The Bertz CT molecular complexity index is 367. The molecule has 2 atom stereocenters. The van der Waals surface area contributed by atoms with E-state index in [4.69, 9.17) is 4.74 Å². The summed E-state index contributed by atoms with van der Waals surface area (Å²) in [4.78, 5) is 2.25. The lowest BCUT2D eigenvalue weighted by atomic mass is 10.0. The van der Waals surface area contributed by atoms with Crippen LogP contribution in [0, 0.1) is 0 Å². The average molecular weight is 266 g/mol. The SMILES string of the molecule is CNC(CO)CN(C)C(C)Cc1ccccc1OC. The Labute approximate surface area is 116 Å². The molecule has 4 heteroatoms. The number of methoxy groups -OCH3 is 1. The third-order valence-electron chi connectivity index (χ3n) is 3.60. The molecule has 1 aromatic carbocycles. The van der Waals surface area contributed by atoms with E-state index >= 15 is 0 Å². The monoisotopic (exact) mass is 266 g/mol. The Kier molecular flexibility index (Phi) is 6.84. The first-order valence-electron chi connectivity index (χ1n) is 6.72. The fourth-order valence-corrected chi connectivity index (χ4v) is 2.11. The quantitative estimate of drug-likeness (QED) is 0.740. The number of nitrogens with zero attached hydrogens (tertiary/aromatic N) is 1. The van der Waals surface area contributed by atoms with Gasteiger partial charge in [-0.3, -0.25) is 0 Å². The minimum Gasteiger partial charge on any atom is -0.496 e. The molecule has 1 aromatic rings. The van der Waals surface area contributed by atoms with Crippen molar-refractivity contribution in [1.82, 2.24) is 10.2 Å². The van der Waals surface area contributed by atoms with Crippen molar-refractivity contribution in [1.29, 1.82) is 0 Å². The van der Waals surface area contributed by atoms with E-state index in [1.165, 1.54) is 5.56 Å². The number of ether oxygens (including phenoxy) is 1. The van der Waals surface area contributed by atoms with Crippen LogP contribution in [-0.2, 0) is 6.42 Å². The van der Waals surface area contributed by atoms with Gasteiger partial charge in [-0.25, -0.2) is 0 Å². The molecule has 0 aliphatic carbocycles. The zero-order valence-corrected chi connectivity index (χ0v) is 12.4. The molecule has 19 heavy (non-hydrogen) atoms. The normalized spacial score (nSPS) is 14.4. The maximum absolute atomic E-state index is 9.22. The second-order valence-corrected chi connectivity index (χ2v) is 4.97. The van der Waals surface area contributed by atoms with Gasteiger partial charge in [0.2, 0.25) is 0 Å². The van der Waals surface area contributed by atoms with Crippen LogP contribution in [-0.4, -0.2) is 56.4 Å². The van der Waals surface area contributed by atoms with E-state index in [-0.39, 0.29) is 12.6 Å². The highest BCUT2D eigenvalue weighted by Crippen LogP contribution is 2.20. The van der Waals surface area contributed by atoms with Gasteiger partial charge in [0.1, 0.15) is 5.75 Å². The number of aliphatic hydroxyl groups excluding tert-OH is 1. The molecule has 4 nitrogen and oxygen atoms in total. The number of likely N-dealkylation sites (N-methyl/N-ethyl adjacent to an activating group) is 2. The number of hydrogen-bond acceptors (Lipinski definition) is 4. The number of hydrogen-bond donors (Lipinski definition) is 2. The number of benzene rings is 1. The van der Waals surface area contributed by atoms with Crippen LogP contribution in [0.2, 0.25) is 0 Å². The molecule has 0 amide bonds. The molecule has 0 spiro atoms. The molecule has 0 fully saturated rings. The summed E-state index contributed by atoms with van der Waals surface area (Å²) < 4.78 is 5.38. The first-order chi connectivity index (χ1) is 9.12. The lowest BCUT2D eigenvalue weighted by Crippen LogP contribution is -2.44. The van der Waals surface area contributed by atoms with E-state index in [0.717, 1.165) is 18.7 Å². The Balaban J connectivity index is 2.60. The van der Waals surface area contributed by atoms with Crippen molar-refractivity contribution in [3.63, 3.8) is 0 Å². The fourth-order valence-electron chi connectivity index (χ4n) is 2.11. The van der Waals surface area contributed by atoms with Gasteiger partial charge in [0.25, 0.3) is 0 Å². The first-order valence-corrected chi connectivity index (χ1v) is 6.72. The highest BCUT2D eigenvalue weighted by molar-refractivity contribution is 5.33. The minimum absolute atomic E-state index is 0.116. The van der Waals surface area contributed by atoms with Gasteiger partial charge in [0.05, 0.1) is 13.7 Å². The number of aliphatic hydroxyl groups is 1. The zero-order valence-electron chi connectivity index (χ0n) is 12.4. The van der Waals surface area contributed by atoms with E-state index in [1.807, 2.05) is 25.2 Å². The molecule has 1 rings (SSSR count). The van der Waals surface area contributed by atoms with Crippen LogP contribution >= 0.6 is 0 Å². The summed E-state index contributed by atoms with van der Waals surface area (Å²) in [5.41, 5.74) is 1.22. The number of para-hydroxylation sites is 1. The topological polar surface area (TPSA) is 44.7 Å². The van der Waals surface area contributed by atoms with E-state index in [9.17, 15) is 5.11 Å². The van der Waals surface area contributed by atoms with Gasteiger partial charge in [-0.05, 0) is 39.1 Å². The lowest BCUT2D eigenvalue weighted by molar-refractivity contribution is 0.178. The van der Waals surface area contributed by atoms with Crippen LogP contribution in [0.5, 0.6) is 5.75 Å². The van der Waals surface area contributed by atoms with Crippen molar-refractivity contribution >= 4 is 0 Å². The average Bonchev–Trinajstić information content (AvgIpc) is 2.44. The maximum atomic E-state index is 9.22. The largest absolute Gasteiger partial charge is 0.496 e. The molecule has 0 bridgehead atoms. The fraction of sp³-hybridized carbons (Fsp3) is 0.600. The molecular weight excluding hydrogens is 240 g/mol. The Hall–Kier alpha value is -1.10. The maximum Gasteiger partial charge on any atom is 0.122 e. The van der Waals surface area contributed by atoms with E-state index in [0.29, 0.717) is 6.04 Å². The predicted molar refractivity (Wildman–Crippen MR) is 78.7 cm³/mol. The van der Waals surface area contributed by atoms with Gasteiger partial charge in [-0.2, -0.15) is 0 Å². The standard InChI is InChI=1S/C15H26N2O2/c1-12(17(3)10-14(11-18)16-2)9-13-7-5-6-8-15(13)19-4/h5-8,12,14,16,18H,9-11H2,1-4H3. The first kappa shape index (κ1) is 16.0. The van der Waals surface area contributed by atoms with Gasteiger partial charge in [0.15, 0.2) is 0 Å². The zero-order chi connectivity index (χ0) is 14.3. The second-order valence-electron chi connectivity index (χ2n) is 4.97. The Morgan fingerprint density at radius 3 is 2.63 bits per heavy atom. The van der Waals surface area contributed by atoms with Crippen LogP contribution in [0.25, 0.3) is 0 Å². The molecule has 0 heterocycles. The van der Waals surface area contributed by atoms with Crippen molar-refractivity contribution in [2.45, 2.75) is 25.4 Å². The molecular formula is C15H26N2O2. The van der Waals surface area contributed by atoms with Gasteiger partial charge in [-0.15, -0.1) is 0 Å². The smallest absolute Gasteiger partial charge is 0.122 e. The van der Waals surface area contributed by atoms with Crippen molar-refractivity contribution in [3.05, 3.63) is 29.8 Å².